The number of hydrogen-bond donors (Lipinski definition) is 1. The average molecular weight is 395 g/mol. The van der Waals surface area contributed by atoms with Crippen LogP contribution < -0.4 is 0 Å². The number of unbranched alkanes of at least 4 members (excludes halogenated alkanes) is 1. The van der Waals surface area contributed by atoms with Gasteiger partial charge in [-0.25, -0.2) is 4.79 Å². The molecule has 2 rings (SSSR count). The number of ether oxygens (including phenoxy) is 2. The first kappa shape index (κ1) is 22.4. The summed E-state index contributed by atoms with van der Waals surface area (Å²) in [5.41, 5.74) is 0.417. The standard InChI is InChI=1S/C20H22O6.ClH/c1-14(7-2-5-12-18(21)22)19(23)25-13-26-20(24)17-11-6-9-15-8-3-4-10-16(15)17;/h3-4,6,8-11,14H,2,5,7,12-13H2,1H3,(H,21,22);1H. The van der Waals surface area contributed by atoms with Crippen LogP contribution in [0.3, 0.4) is 0 Å². The second-order valence-corrected chi connectivity index (χ2v) is 6.08. The molecule has 0 spiro atoms. The van der Waals surface area contributed by atoms with Crippen LogP contribution in [0.15, 0.2) is 42.5 Å². The van der Waals surface area contributed by atoms with Crippen LogP contribution in [0.1, 0.15) is 43.0 Å². The molecule has 2 aromatic rings. The molecular weight excluding hydrogens is 372 g/mol. The summed E-state index contributed by atoms with van der Waals surface area (Å²) in [6, 6.07) is 12.8. The maximum atomic E-state index is 12.2. The van der Waals surface area contributed by atoms with E-state index in [1.807, 2.05) is 30.3 Å². The highest BCUT2D eigenvalue weighted by Gasteiger charge is 2.16. The topological polar surface area (TPSA) is 89.9 Å². The fourth-order valence-electron chi connectivity index (χ4n) is 2.61. The van der Waals surface area contributed by atoms with E-state index in [9.17, 15) is 14.4 Å². The lowest BCUT2D eigenvalue weighted by molar-refractivity contribution is -0.156. The van der Waals surface area contributed by atoms with Crippen molar-refractivity contribution in [3.63, 3.8) is 0 Å². The molecule has 0 aromatic heterocycles. The first-order valence-corrected chi connectivity index (χ1v) is 8.52. The molecule has 0 aliphatic carbocycles. The van der Waals surface area contributed by atoms with Gasteiger partial charge in [-0.1, -0.05) is 49.7 Å². The van der Waals surface area contributed by atoms with Crippen molar-refractivity contribution >= 4 is 41.1 Å². The number of esters is 2. The Balaban J connectivity index is 0.00000364. The van der Waals surface area contributed by atoms with Gasteiger partial charge in [-0.3, -0.25) is 9.59 Å². The Morgan fingerprint density at radius 2 is 1.70 bits per heavy atom. The Morgan fingerprint density at radius 3 is 2.44 bits per heavy atom. The number of benzene rings is 2. The van der Waals surface area contributed by atoms with Gasteiger partial charge in [-0.2, -0.15) is 0 Å². The molecule has 1 N–H and O–H groups in total. The normalized spacial score (nSPS) is 11.3. The van der Waals surface area contributed by atoms with Crippen LogP contribution >= 0.6 is 12.4 Å². The Hall–Kier alpha value is -2.60. The lowest BCUT2D eigenvalue weighted by Crippen LogP contribution is -2.18. The van der Waals surface area contributed by atoms with Crippen LogP contribution in [0.2, 0.25) is 0 Å². The van der Waals surface area contributed by atoms with Crippen LogP contribution in [-0.2, 0) is 19.1 Å². The maximum Gasteiger partial charge on any atom is 0.341 e. The number of carboxylic acids is 1. The van der Waals surface area contributed by atoms with E-state index < -0.39 is 24.7 Å². The smallest absolute Gasteiger partial charge is 0.341 e. The zero-order chi connectivity index (χ0) is 18.9. The van der Waals surface area contributed by atoms with Gasteiger partial charge in [0.1, 0.15) is 0 Å². The summed E-state index contributed by atoms with van der Waals surface area (Å²) in [5, 5.41) is 10.3. The van der Waals surface area contributed by atoms with Crippen molar-refractivity contribution in [1.82, 2.24) is 0 Å². The molecule has 0 saturated carbocycles. The SMILES string of the molecule is CC(CCCCC(=O)O)C(=O)OCOC(=O)c1cccc2ccccc12.Cl. The Morgan fingerprint density at radius 1 is 1.00 bits per heavy atom. The number of aliphatic carboxylic acids is 1. The van der Waals surface area contributed by atoms with E-state index in [-0.39, 0.29) is 24.7 Å². The van der Waals surface area contributed by atoms with Crippen molar-refractivity contribution in [1.29, 1.82) is 0 Å². The van der Waals surface area contributed by atoms with Gasteiger partial charge in [0.05, 0.1) is 11.5 Å². The minimum atomic E-state index is -0.847. The van der Waals surface area contributed by atoms with Crippen LogP contribution in [0.4, 0.5) is 0 Å². The van der Waals surface area contributed by atoms with Gasteiger partial charge in [0.15, 0.2) is 0 Å². The Bertz CT molecular complexity index is 784. The van der Waals surface area contributed by atoms with E-state index in [1.165, 1.54) is 0 Å². The molecule has 7 heteroatoms. The van der Waals surface area contributed by atoms with Gasteiger partial charge in [0.2, 0.25) is 6.79 Å². The number of rotatable bonds is 9. The Kier molecular flexibility index (Phi) is 9.30. The van der Waals surface area contributed by atoms with E-state index in [4.69, 9.17) is 14.6 Å². The fraction of sp³-hybridized carbons (Fsp3) is 0.350. The van der Waals surface area contributed by atoms with Crippen molar-refractivity contribution in [2.45, 2.75) is 32.6 Å². The highest BCUT2D eigenvalue weighted by Crippen LogP contribution is 2.19. The first-order chi connectivity index (χ1) is 12.5. The number of hydrogen-bond acceptors (Lipinski definition) is 5. The van der Waals surface area contributed by atoms with E-state index in [0.29, 0.717) is 24.8 Å². The molecule has 0 fully saturated rings. The van der Waals surface area contributed by atoms with E-state index >= 15 is 0 Å². The molecule has 0 amide bonds. The van der Waals surface area contributed by atoms with Crippen molar-refractivity contribution in [2.24, 2.45) is 5.92 Å². The molecule has 1 unspecified atom stereocenters. The van der Waals surface area contributed by atoms with Gasteiger partial charge >= 0.3 is 17.9 Å². The molecule has 0 saturated heterocycles. The van der Waals surface area contributed by atoms with Crippen molar-refractivity contribution < 1.29 is 29.0 Å². The maximum absolute atomic E-state index is 12.2. The summed E-state index contributed by atoms with van der Waals surface area (Å²) >= 11 is 0. The highest BCUT2D eigenvalue weighted by molar-refractivity contribution is 6.04. The van der Waals surface area contributed by atoms with Crippen molar-refractivity contribution in [3.8, 4) is 0 Å². The molecule has 0 aliphatic heterocycles. The monoisotopic (exact) mass is 394 g/mol. The third kappa shape index (κ3) is 6.90. The third-order valence-electron chi connectivity index (χ3n) is 4.08. The summed E-state index contributed by atoms with van der Waals surface area (Å²) in [7, 11) is 0. The molecule has 6 nitrogen and oxygen atoms in total. The summed E-state index contributed by atoms with van der Waals surface area (Å²) in [4.78, 5) is 34.5. The summed E-state index contributed by atoms with van der Waals surface area (Å²) in [6.45, 7) is 1.26. The number of carbonyl (C=O) groups excluding carboxylic acids is 2. The fourth-order valence-corrected chi connectivity index (χ4v) is 2.61. The number of carboxylic acid groups (broad SMARTS) is 1. The minimum Gasteiger partial charge on any atom is -0.481 e. The quantitative estimate of drug-likeness (QED) is 0.389. The van der Waals surface area contributed by atoms with Crippen LogP contribution in [0.25, 0.3) is 10.8 Å². The molecule has 0 heterocycles. The average Bonchev–Trinajstić information content (AvgIpc) is 2.64. The predicted molar refractivity (Wildman–Crippen MR) is 103 cm³/mol. The van der Waals surface area contributed by atoms with E-state index in [1.54, 1.807) is 19.1 Å². The molecule has 2 aromatic carbocycles. The van der Waals surface area contributed by atoms with Crippen LogP contribution in [-0.4, -0.2) is 29.8 Å². The van der Waals surface area contributed by atoms with Crippen LogP contribution in [0, 0.1) is 5.92 Å². The molecule has 0 bridgehead atoms. The molecule has 0 aliphatic rings. The summed E-state index contributed by atoms with van der Waals surface area (Å²) < 4.78 is 10.0. The minimum absolute atomic E-state index is 0. The molecule has 146 valence electrons. The number of halogens is 1. The van der Waals surface area contributed by atoms with Crippen molar-refractivity contribution in [2.75, 3.05) is 6.79 Å². The Labute approximate surface area is 163 Å². The number of carbonyl (C=O) groups is 3. The summed E-state index contributed by atoms with van der Waals surface area (Å²) in [5.74, 6) is -2.24. The second-order valence-electron chi connectivity index (χ2n) is 6.08. The van der Waals surface area contributed by atoms with Crippen molar-refractivity contribution in [3.05, 3.63) is 48.0 Å². The van der Waals surface area contributed by atoms with E-state index in [0.717, 1.165) is 10.8 Å². The molecule has 0 radical (unpaired) electrons. The number of fused-ring (bicyclic) bond motifs is 1. The molecule has 27 heavy (non-hydrogen) atoms. The lowest BCUT2D eigenvalue weighted by Gasteiger charge is -2.12. The van der Waals surface area contributed by atoms with E-state index in [2.05, 4.69) is 0 Å². The highest BCUT2D eigenvalue weighted by atomic mass is 35.5. The zero-order valence-electron chi connectivity index (χ0n) is 15.1. The van der Waals surface area contributed by atoms with Gasteiger partial charge in [0, 0.05) is 6.42 Å². The van der Waals surface area contributed by atoms with Crippen LogP contribution in [0.5, 0.6) is 0 Å². The largest absolute Gasteiger partial charge is 0.481 e. The predicted octanol–water partition coefficient (Wildman–Crippen LogP) is 4.20. The molecule has 1 atom stereocenters. The second kappa shape index (κ2) is 11.2. The van der Waals surface area contributed by atoms with Gasteiger partial charge < -0.3 is 14.6 Å². The van der Waals surface area contributed by atoms with Gasteiger partial charge in [0.25, 0.3) is 0 Å². The first-order valence-electron chi connectivity index (χ1n) is 8.52. The lowest BCUT2D eigenvalue weighted by atomic mass is 10.0. The zero-order valence-corrected chi connectivity index (χ0v) is 15.9. The third-order valence-corrected chi connectivity index (χ3v) is 4.08. The van der Waals surface area contributed by atoms with Gasteiger partial charge in [-0.05, 0) is 29.7 Å². The molecular formula is C20H23ClO6. The summed E-state index contributed by atoms with van der Waals surface area (Å²) in [6.07, 6.45) is 1.76. The van der Waals surface area contributed by atoms with Gasteiger partial charge in [-0.15, -0.1) is 12.4 Å².